The molecule has 0 radical (unpaired) electrons. The van der Waals surface area contributed by atoms with E-state index in [1.54, 1.807) is 13.0 Å². The van der Waals surface area contributed by atoms with E-state index in [1.807, 2.05) is 0 Å². The van der Waals surface area contributed by atoms with Crippen molar-refractivity contribution < 1.29 is 41.8 Å². The van der Waals surface area contributed by atoms with Crippen molar-refractivity contribution in [1.29, 1.82) is 0 Å². The van der Waals surface area contributed by atoms with Crippen LogP contribution in [0.25, 0.3) is 11.1 Å². The van der Waals surface area contributed by atoms with E-state index in [0.29, 0.717) is 10.6 Å². The summed E-state index contributed by atoms with van der Waals surface area (Å²) in [5.74, 6) is -3.60. The number of hydrogen-bond acceptors (Lipinski definition) is 6. The van der Waals surface area contributed by atoms with Crippen LogP contribution in [-0.4, -0.2) is 49.7 Å². The smallest absolute Gasteiger partial charge is 0.416 e. The first-order chi connectivity index (χ1) is 21.7. The Labute approximate surface area is 260 Å². The number of nitrogens with zero attached hydrogens (tertiary/aromatic N) is 3. The van der Waals surface area contributed by atoms with Gasteiger partial charge in [-0.15, -0.1) is 0 Å². The number of hydrogen-bond donors (Lipinski definition) is 2. The number of allylic oxidation sites excluding steroid dienone is 2. The van der Waals surface area contributed by atoms with Gasteiger partial charge in [0.2, 0.25) is 0 Å². The number of rotatable bonds is 11. The summed E-state index contributed by atoms with van der Waals surface area (Å²) in [5, 5.41) is 21.1. The van der Waals surface area contributed by atoms with Crippen molar-refractivity contribution in [1.82, 2.24) is 14.2 Å². The van der Waals surface area contributed by atoms with Crippen molar-refractivity contribution in [3.63, 3.8) is 0 Å². The molecule has 0 spiro atoms. The van der Waals surface area contributed by atoms with Crippen LogP contribution in [0.4, 0.5) is 22.0 Å². The summed E-state index contributed by atoms with van der Waals surface area (Å²) in [4.78, 5) is 39.7. The molecule has 1 heterocycles. The molecule has 2 aromatic carbocycles. The predicted molar refractivity (Wildman–Crippen MR) is 158 cm³/mol. The summed E-state index contributed by atoms with van der Waals surface area (Å²) >= 11 is 0. The monoisotopic (exact) mass is 649 g/mol. The van der Waals surface area contributed by atoms with Crippen molar-refractivity contribution in [3.05, 3.63) is 110 Å². The van der Waals surface area contributed by atoms with Crippen LogP contribution in [0.3, 0.4) is 0 Å². The molecule has 1 unspecified atom stereocenters. The lowest BCUT2D eigenvalue weighted by molar-refractivity contribution is -0.171. The molecule has 14 heteroatoms. The lowest BCUT2D eigenvalue weighted by Gasteiger charge is -2.44. The van der Waals surface area contributed by atoms with Crippen LogP contribution >= 0.6 is 0 Å². The van der Waals surface area contributed by atoms with Gasteiger partial charge in [0.05, 0.1) is 36.4 Å². The number of carboxylic acid groups (broad SMARTS) is 1. The molecule has 246 valence electrons. The van der Waals surface area contributed by atoms with Crippen molar-refractivity contribution >= 4 is 5.97 Å². The van der Waals surface area contributed by atoms with Gasteiger partial charge in [-0.1, -0.05) is 49.4 Å². The maximum atomic E-state index is 15.7. The minimum absolute atomic E-state index is 0.00133. The second kappa shape index (κ2) is 13.4. The molecule has 1 aliphatic rings. The maximum absolute atomic E-state index is 15.7. The third kappa shape index (κ3) is 6.27. The van der Waals surface area contributed by atoms with Crippen LogP contribution in [0.2, 0.25) is 0 Å². The summed E-state index contributed by atoms with van der Waals surface area (Å²) in [7, 11) is 1.19. The molecule has 9 nitrogen and oxygen atoms in total. The molecule has 0 bridgehead atoms. The topological polar surface area (TPSA) is 114 Å². The molecule has 0 aliphatic heterocycles. The summed E-state index contributed by atoms with van der Waals surface area (Å²) in [6.07, 6.45) is 0.755. The van der Waals surface area contributed by atoms with Gasteiger partial charge in [-0.25, -0.2) is 13.6 Å². The van der Waals surface area contributed by atoms with Crippen molar-refractivity contribution in [3.8, 4) is 16.9 Å². The first kappa shape index (κ1) is 34.3. The van der Waals surface area contributed by atoms with E-state index in [0.717, 1.165) is 21.8 Å². The molecule has 0 amide bonds. The van der Waals surface area contributed by atoms with E-state index in [1.165, 1.54) is 50.5 Å². The minimum atomic E-state index is -4.99. The number of aliphatic carboxylic acids is 1. The molecule has 3 aromatic rings. The normalized spacial score (nSPS) is 17.9. The number of alkyl halides is 3. The quantitative estimate of drug-likeness (QED) is 0.202. The third-order valence-electron chi connectivity index (χ3n) is 8.22. The third-order valence-corrected chi connectivity index (χ3v) is 8.22. The predicted octanol–water partition coefficient (Wildman–Crippen LogP) is 5.71. The van der Waals surface area contributed by atoms with E-state index in [9.17, 15) is 32.8 Å². The van der Waals surface area contributed by atoms with Gasteiger partial charge in [-0.05, 0) is 38.0 Å². The van der Waals surface area contributed by atoms with E-state index in [-0.39, 0.29) is 42.8 Å². The first-order valence-electron chi connectivity index (χ1n) is 14.3. The van der Waals surface area contributed by atoms with E-state index < -0.39 is 69.8 Å². The second-order valence-corrected chi connectivity index (χ2v) is 10.7. The summed E-state index contributed by atoms with van der Waals surface area (Å²) < 4.78 is 79.2. The highest BCUT2D eigenvalue weighted by atomic mass is 19.4. The molecule has 46 heavy (non-hydrogen) atoms. The zero-order valence-corrected chi connectivity index (χ0v) is 25.1. The van der Waals surface area contributed by atoms with Crippen LogP contribution in [0.1, 0.15) is 49.0 Å². The fraction of sp³-hybridized carbons (Fsp3) is 0.344. The molecule has 0 saturated carbocycles. The number of methoxy groups -OCH3 is 1. The van der Waals surface area contributed by atoms with E-state index >= 15 is 8.78 Å². The van der Waals surface area contributed by atoms with Crippen molar-refractivity contribution in [2.75, 3.05) is 13.7 Å². The fourth-order valence-electron chi connectivity index (χ4n) is 5.82. The zero-order valence-electron chi connectivity index (χ0n) is 25.1. The maximum Gasteiger partial charge on any atom is 0.416 e. The van der Waals surface area contributed by atoms with Gasteiger partial charge < -0.3 is 15.1 Å². The van der Waals surface area contributed by atoms with Gasteiger partial charge >= 0.3 is 17.8 Å². The molecule has 0 fully saturated rings. The standard InChI is InChI=1S/C32H32F5N3O6/c1-4-31(39(45)17-9-15-26(41)42)16-6-5-14-25(31)40-29(43)27(20-10-7-13-24(46-3)28(20)34)19(2)38(30(40)44)18-21-22(32(35,36)37)11-8-12-23(21)33/h5-8,10-14,16,25,45H,4,9,15,17-18H2,1-3H3,(H,41,42)/t25?,31-/m1/s1. The Kier molecular flexibility index (Phi) is 10.0. The SMILES string of the molecule is CC[C@@]1(N(O)CCCC(=O)O)C=CC=CC1n1c(=O)c(-c2cccc(OC)c2F)c(C)n(Cc2c(F)cccc2C(F)(F)F)c1=O. The average Bonchev–Trinajstić information content (AvgIpc) is 3.00. The van der Waals surface area contributed by atoms with Crippen LogP contribution in [-0.2, 0) is 17.5 Å². The molecule has 2 atom stereocenters. The largest absolute Gasteiger partial charge is 0.494 e. The number of benzene rings is 2. The molecule has 0 saturated heterocycles. The Morgan fingerprint density at radius 3 is 2.43 bits per heavy atom. The number of ether oxygens (including phenoxy) is 1. The number of hydroxylamine groups is 2. The molecular weight excluding hydrogens is 617 g/mol. The summed E-state index contributed by atoms with van der Waals surface area (Å²) in [6, 6.07) is 4.93. The van der Waals surface area contributed by atoms with Gasteiger partial charge in [0.25, 0.3) is 5.56 Å². The Morgan fingerprint density at radius 1 is 1.11 bits per heavy atom. The van der Waals surface area contributed by atoms with Crippen LogP contribution in [0.15, 0.2) is 70.3 Å². The van der Waals surface area contributed by atoms with Crippen molar-refractivity contribution in [2.24, 2.45) is 0 Å². The Balaban J connectivity index is 2.06. The van der Waals surface area contributed by atoms with Crippen molar-refractivity contribution in [2.45, 2.75) is 57.4 Å². The van der Waals surface area contributed by atoms with Gasteiger partial charge in [-0.3, -0.25) is 18.7 Å². The second-order valence-electron chi connectivity index (χ2n) is 10.7. The number of halogens is 5. The van der Waals surface area contributed by atoms with Gasteiger partial charge in [0.15, 0.2) is 11.6 Å². The first-order valence-corrected chi connectivity index (χ1v) is 14.3. The van der Waals surface area contributed by atoms with Crippen LogP contribution in [0.5, 0.6) is 5.75 Å². The Hall–Kier alpha value is -4.56. The Morgan fingerprint density at radius 2 is 1.80 bits per heavy atom. The minimum Gasteiger partial charge on any atom is -0.494 e. The number of carboxylic acids is 1. The molecule has 4 rings (SSSR count). The van der Waals surface area contributed by atoms with E-state index in [4.69, 9.17) is 9.84 Å². The highest BCUT2D eigenvalue weighted by Crippen LogP contribution is 2.38. The average molecular weight is 650 g/mol. The Bertz CT molecular complexity index is 1810. The lowest BCUT2D eigenvalue weighted by Crippen LogP contribution is -2.57. The number of aromatic nitrogens is 2. The zero-order chi connectivity index (χ0) is 34.0. The lowest BCUT2D eigenvalue weighted by atomic mass is 9.82. The molecule has 1 aromatic heterocycles. The summed E-state index contributed by atoms with van der Waals surface area (Å²) in [6.45, 7) is 1.72. The highest BCUT2D eigenvalue weighted by Gasteiger charge is 2.44. The van der Waals surface area contributed by atoms with E-state index in [2.05, 4.69) is 0 Å². The molecular formula is C32H32F5N3O6. The highest BCUT2D eigenvalue weighted by molar-refractivity contribution is 5.68. The van der Waals surface area contributed by atoms with Gasteiger partial charge in [0.1, 0.15) is 5.82 Å². The van der Waals surface area contributed by atoms with Crippen LogP contribution in [0, 0.1) is 18.6 Å². The fourth-order valence-corrected chi connectivity index (χ4v) is 5.82. The summed E-state index contributed by atoms with van der Waals surface area (Å²) in [5.41, 5.74) is -6.88. The van der Waals surface area contributed by atoms with Gasteiger partial charge in [-0.2, -0.15) is 18.2 Å². The number of carbonyl (C=O) groups is 1. The van der Waals surface area contributed by atoms with Crippen LogP contribution < -0.4 is 16.0 Å². The molecule has 1 aliphatic carbocycles. The van der Waals surface area contributed by atoms with Gasteiger partial charge in [0, 0.05) is 29.8 Å². The molecule has 2 N–H and O–H groups in total.